The van der Waals surface area contributed by atoms with Crippen molar-refractivity contribution >= 4 is 51.6 Å². The number of fused-ring (bicyclic) bond motifs is 2. The average Bonchev–Trinajstić information content (AvgIpc) is 3.10. The van der Waals surface area contributed by atoms with Crippen LogP contribution in [0.3, 0.4) is 0 Å². The maximum atomic E-state index is 12.5. The first kappa shape index (κ1) is 17.5. The Hall–Kier alpha value is -2.61. The van der Waals surface area contributed by atoms with E-state index in [9.17, 15) is 4.79 Å². The highest BCUT2D eigenvalue weighted by Gasteiger charge is 2.24. The van der Waals surface area contributed by atoms with Crippen molar-refractivity contribution in [2.75, 3.05) is 5.75 Å². The standard InChI is InChI=1S/C19H10Cl2N4O2S/c20-11-5-6-12(14(21)8-11)17-22-23-19-25(17)24-15(9-28-19)13-7-10-3-1-2-4-16(10)27-18(13)26/h1-8H,9H2. The molecule has 0 N–H and O–H groups in total. The van der Waals surface area contributed by atoms with E-state index in [1.165, 1.54) is 11.8 Å². The minimum atomic E-state index is -0.430. The van der Waals surface area contributed by atoms with E-state index in [1.807, 2.05) is 18.2 Å². The molecule has 28 heavy (non-hydrogen) atoms. The summed E-state index contributed by atoms with van der Waals surface area (Å²) in [5, 5.41) is 15.4. The van der Waals surface area contributed by atoms with Gasteiger partial charge < -0.3 is 4.42 Å². The number of aromatic nitrogens is 3. The molecule has 1 aliphatic rings. The number of rotatable bonds is 2. The monoisotopic (exact) mass is 428 g/mol. The van der Waals surface area contributed by atoms with E-state index in [0.717, 1.165) is 5.39 Å². The first-order chi connectivity index (χ1) is 13.6. The number of nitrogens with zero attached hydrogens (tertiary/aromatic N) is 4. The third kappa shape index (κ3) is 2.92. The van der Waals surface area contributed by atoms with Crippen molar-refractivity contribution in [3.05, 3.63) is 74.6 Å². The van der Waals surface area contributed by atoms with E-state index in [4.69, 9.17) is 27.6 Å². The van der Waals surface area contributed by atoms with Crippen LogP contribution >= 0.6 is 35.0 Å². The molecule has 0 amide bonds. The molecule has 3 heterocycles. The second kappa shape index (κ2) is 6.77. The van der Waals surface area contributed by atoms with Gasteiger partial charge in [0, 0.05) is 21.7 Å². The average molecular weight is 429 g/mol. The normalized spacial score (nSPS) is 13.4. The summed E-state index contributed by atoms with van der Waals surface area (Å²) in [5.74, 6) is 0.960. The molecule has 0 saturated carbocycles. The minimum absolute atomic E-state index is 0.415. The number of hydrogen-bond donors (Lipinski definition) is 0. The van der Waals surface area contributed by atoms with Gasteiger partial charge in [-0.25, -0.2) is 4.79 Å². The Balaban J connectivity index is 1.66. The van der Waals surface area contributed by atoms with Crippen LogP contribution in [0.2, 0.25) is 10.0 Å². The predicted octanol–water partition coefficient (Wildman–Crippen LogP) is 4.72. The summed E-state index contributed by atoms with van der Waals surface area (Å²) in [6.07, 6.45) is 0. The first-order valence-electron chi connectivity index (χ1n) is 8.25. The number of para-hydroxylation sites is 1. The number of benzene rings is 2. The lowest BCUT2D eigenvalue weighted by atomic mass is 10.1. The van der Waals surface area contributed by atoms with Crippen LogP contribution in [-0.4, -0.2) is 26.3 Å². The Morgan fingerprint density at radius 2 is 1.89 bits per heavy atom. The van der Waals surface area contributed by atoms with Gasteiger partial charge in [-0.1, -0.05) is 53.2 Å². The maximum Gasteiger partial charge on any atom is 0.345 e. The van der Waals surface area contributed by atoms with Gasteiger partial charge in [-0.15, -0.1) is 10.2 Å². The third-order valence-corrected chi connectivity index (χ3v) is 5.77. The molecule has 0 spiro atoms. The molecule has 6 nitrogen and oxygen atoms in total. The Labute approximate surface area is 172 Å². The van der Waals surface area contributed by atoms with Gasteiger partial charge in [-0.05, 0) is 30.3 Å². The van der Waals surface area contributed by atoms with Gasteiger partial charge in [0.25, 0.3) is 0 Å². The molecule has 1 aliphatic heterocycles. The fourth-order valence-corrected chi connectivity index (χ4v) is 4.28. The van der Waals surface area contributed by atoms with Crippen LogP contribution < -0.4 is 5.63 Å². The Morgan fingerprint density at radius 3 is 2.75 bits per heavy atom. The van der Waals surface area contributed by atoms with Crippen molar-refractivity contribution in [2.45, 2.75) is 5.16 Å². The zero-order chi connectivity index (χ0) is 19.3. The summed E-state index contributed by atoms with van der Waals surface area (Å²) < 4.78 is 7.03. The molecule has 0 unspecified atom stereocenters. The lowest BCUT2D eigenvalue weighted by Crippen LogP contribution is -2.21. The number of hydrogen-bond acceptors (Lipinski definition) is 6. The molecule has 4 aromatic rings. The smallest absolute Gasteiger partial charge is 0.345 e. The SMILES string of the molecule is O=c1oc2ccccc2cc1C1=Nn2c(nnc2-c2ccc(Cl)cc2Cl)SC1. The third-order valence-electron chi connectivity index (χ3n) is 4.30. The fourth-order valence-electron chi connectivity index (χ4n) is 2.96. The first-order valence-corrected chi connectivity index (χ1v) is 9.99. The lowest BCUT2D eigenvalue weighted by Gasteiger charge is -2.14. The highest BCUT2D eigenvalue weighted by Crippen LogP contribution is 2.33. The maximum absolute atomic E-state index is 12.5. The van der Waals surface area contributed by atoms with Crippen molar-refractivity contribution in [3.8, 4) is 11.4 Å². The number of halogens is 2. The molecule has 2 aromatic heterocycles. The van der Waals surface area contributed by atoms with E-state index in [2.05, 4.69) is 15.3 Å². The Morgan fingerprint density at radius 1 is 1.04 bits per heavy atom. The molecule has 0 saturated heterocycles. The molecule has 0 radical (unpaired) electrons. The molecule has 0 aliphatic carbocycles. The summed E-state index contributed by atoms with van der Waals surface area (Å²) in [6.45, 7) is 0. The van der Waals surface area contributed by atoms with Gasteiger partial charge in [-0.2, -0.15) is 9.78 Å². The van der Waals surface area contributed by atoms with Gasteiger partial charge in [0.15, 0.2) is 5.82 Å². The van der Waals surface area contributed by atoms with Gasteiger partial charge in [0.2, 0.25) is 5.16 Å². The van der Waals surface area contributed by atoms with Crippen molar-refractivity contribution in [1.82, 2.24) is 14.9 Å². The molecule has 9 heteroatoms. The summed E-state index contributed by atoms with van der Waals surface area (Å²) in [6, 6.07) is 14.3. The lowest BCUT2D eigenvalue weighted by molar-refractivity contribution is 0.559. The number of thioether (sulfide) groups is 1. The highest BCUT2D eigenvalue weighted by atomic mass is 35.5. The van der Waals surface area contributed by atoms with Crippen molar-refractivity contribution in [3.63, 3.8) is 0 Å². The van der Waals surface area contributed by atoms with Gasteiger partial charge in [0.1, 0.15) is 5.58 Å². The summed E-state index contributed by atoms with van der Waals surface area (Å²) in [7, 11) is 0. The van der Waals surface area contributed by atoms with Crippen LogP contribution in [0.1, 0.15) is 5.56 Å². The van der Waals surface area contributed by atoms with Crippen LogP contribution in [0.15, 0.2) is 68.0 Å². The highest BCUT2D eigenvalue weighted by molar-refractivity contribution is 7.99. The minimum Gasteiger partial charge on any atom is -0.422 e. The van der Waals surface area contributed by atoms with Crippen molar-refractivity contribution in [1.29, 1.82) is 0 Å². The van der Waals surface area contributed by atoms with E-state index >= 15 is 0 Å². The molecule has 0 fully saturated rings. The second-order valence-corrected chi connectivity index (χ2v) is 7.85. The zero-order valence-electron chi connectivity index (χ0n) is 14.1. The quantitative estimate of drug-likeness (QED) is 0.432. The molecule has 138 valence electrons. The second-order valence-electron chi connectivity index (χ2n) is 6.06. The summed E-state index contributed by atoms with van der Waals surface area (Å²) >= 11 is 13.7. The fraction of sp³-hybridized carbons (Fsp3) is 0.0526. The van der Waals surface area contributed by atoms with Gasteiger partial charge in [0.05, 0.1) is 16.3 Å². The summed E-state index contributed by atoms with van der Waals surface area (Å²) in [5.41, 5.74) is 1.77. The van der Waals surface area contributed by atoms with E-state index in [0.29, 0.717) is 49.2 Å². The van der Waals surface area contributed by atoms with Crippen LogP contribution in [-0.2, 0) is 0 Å². The molecule has 2 aromatic carbocycles. The van der Waals surface area contributed by atoms with Crippen LogP contribution in [0, 0.1) is 0 Å². The van der Waals surface area contributed by atoms with Crippen LogP contribution in [0.25, 0.3) is 22.4 Å². The molecule has 0 atom stereocenters. The molecular weight excluding hydrogens is 419 g/mol. The predicted molar refractivity (Wildman–Crippen MR) is 111 cm³/mol. The Bertz CT molecular complexity index is 1330. The van der Waals surface area contributed by atoms with Crippen LogP contribution in [0.4, 0.5) is 0 Å². The molecular formula is C19H10Cl2N4O2S. The van der Waals surface area contributed by atoms with E-state index in [1.54, 1.807) is 35.0 Å². The molecule has 5 rings (SSSR count). The van der Waals surface area contributed by atoms with E-state index in [-0.39, 0.29) is 0 Å². The summed E-state index contributed by atoms with van der Waals surface area (Å²) in [4.78, 5) is 12.5. The van der Waals surface area contributed by atoms with E-state index < -0.39 is 5.63 Å². The largest absolute Gasteiger partial charge is 0.422 e. The van der Waals surface area contributed by atoms with Crippen LogP contribution in [0.5, 0.6) is 0 Å². The van der Waals surface area contributed by atoms with Crippen molar-refractivity contribution < 1.29 is 4.42 Å². The Kier molecular flexibility index (Phi) is 4.23. The topological polar surface area (TPSA) is 73.3 Å². The van der Waals surface area contributed by atoms with Gasteiger partial charge in [-0.3, -0.25) is 0 Å². The van der Waals surface area contributed by atoms with Gasteiger partial charge >= 0.3 is 5.63 Å². The zero-order valence-corrected chi connectivity index (χ0v) is 16.4. The van der Waals surface area contributed by atoms with Crippen molar-refractivity contribution in [2.24, 2.45) is 5.10 Å². The molecule has 0 bridgehead atoms.